The minimum absolute atomic E-state index is 0.369. The van der Waals surface area contributed by atoms with Crippen LogP contribution in [0.5, 0.6) is 0 Å². The zero-order chi connectivity index (χ0) is 17.2. The summed E-state index contributed by atoms with van der Waals surface area (Å²) < 4.78 is 25.5. The van der Waals surface area contributed by atoms with Crippen molar-refractivity contribution in [3.8, 4) is 0 Å². The summed E-state index contributed by atoms with van der Waals surface area (Å²) in [6.45, 7) is 5.10. The van der Waals surface area contributed by atoms with Gasteiger partial charge in [0.1, 0.15) is 0 Å². The SMILES string of the molecule is CCn1nc(Cc2cccc(S(C)(=O)=O)c2)cc1C1CCNCC1. The summed E-state index contributed by atoms with van der Waals surface area (Å²) in [6, 6.07) is 9.36. The summed E-state index contributed by atoms with van der Waals surface area (Å²) in [6.07, 6.45) is 4.20. The van der Waals surface area contributed by atoms with Gasteiger partial charge in [-0.15, -0.1) is 0 Å². The Morgan fingerprint density at radius 3 is 2.67 bits per heavy atom. The van der Waals surface area contributed by atoms with E-state index < -0.39 is 9.84 Å². The van der Waals surface area contributed by atoms with Crippen molar-refractivity contribution in [3.05, 3.63) is 47.3 Å². The maximum atomic E-state index is 11.7. The van der Waals surface area contributed by atoms with E-state index >= 15 is 0 Å². The average Bonchev–Trinajstić information content (AvgIpc) is 2.98. The number of rotatable bonds is 5. The minimum Gasteiger partial charge on any atom is -0.317 e. The first-order chi connectivity index (χ1) is 11.5. The number of aryl methyl sites for hydroxylation is 1. The van der Waals surface area contributed by atoms with E-state index in [1.54, 1.807) is 18.2 Å². The first-order valence-corrected chi connectivity index (χ1v) is 10.4. The molecule has 0 saturated carbocycles. The third-order valence-electron chi connectivity index (χ3n) is 4.63. The lowest BCUT2D eigenvalue weighted by Crippen LogP contribution is -2.27. The van der Waals surface area contributed by atoms with Gasteiger partial charge in [-0.2, -0.15) is 5.10 Å². The van der Waals surface area contributed by atoms with Gasteiger partial charge >= 0.3 is 0 Å². The molecule has 0 bridgehead atoms. The van der Waals surface area contributed by atoms with Gasteiger partial charge in [0.05, 0.1) is 10.6 Å². The van der Waals surface area contributed by atoms with Crippen LogP contribution in [-0.2, 0) is 22.8 Å². The zero-order valence-corrected chi connectivity index (χ0v) is 15.1. The lowest BCUT2D eigenvalue weighted by atomic mass is 9.94. The molecule has 0 radical (unpaired) electrons. The Morgan fingerprint density at radius 1 is 1.25 bits per heavy atom. The van der Waals surface area contributed by atoms with E-state index in [0.29, 0.717) is 17.2 Å². The summed E-state index contributed by atoms with van der Waals surface area (Å²) >= 11 is 0. The van der Waals surface area contributed by atoms with Crippen LogP contribution in [0.1, 0.15) is 42.6 Å². The monoisotopic (exact) mass is 347 g/mol. The Bertz CT molecular complexity index is 805. The zero-order valence-electron chi connectivity index (χ0n) is 14.3. The predicted octanol–water partition coefficient (Wildman–Crippen LogP) is 2.36. The fraction of sp³-hybridized carbons (Fsp3) is 0.500. The van der Waals surface area contributed by atoms with Crippen LogP contribution in [-0.4, -0.2) is 37.5 Å². The minimum atomic E-state index is -3.17. The first-order valence-electron chi connectivity index (χ1n) is 8.53. The fourth-order valence-corrected chi connectivity index (χ4v) is 4.06. The normalized spacial score (nSPS) is 16.4. The van der Waals surface area contributed by atoms with Crippen molar-refractivity contribution in [2.45, 2.75) is 43.5 Å². The van der Waals surface area contributed by atoms with Gasteiger partial charge in [0.2, 0.25) is 0 Å². The van der Waals surface area contributed by atoms with E-state index in [0.717, 1.165) is 43.7 Å². The second kappa shape index (κ2) is 7.07. The molecule has 1 saturated heterocycles. The molecule has 0 aliphatic carbocycles. The number of sulfone groups is 1. The Hall–Kier alpha value is -1.66. The smallest absolute Gasteiger partial charge is 0.175 e. The second-order valence-electron chi connectivity index (χ2n) is 6.50. The highest BCUT2D eigenvalue weighted by Gasteiger charge is 2.20. The highest BCUT2D eigenvalue weighted by Crippen LogP contribution is 2.26. The van der Waals surface area contributed by atoms with Crippen LogP contribution in [0.25, 0.3) is 0 Å². The lowest BCUT2D eigenvalue weighted by molar-refractivity contribution is 0.432. The van der Waals surface area contributed by atoms with Crippen LogP contribution in [0.2, 0.25) is 0 Å². The van der Waals surface area contributed by atoms with Crippen molar-refractivity contribution in [2.75, 3.05) is 19.3 Å². The standard InChI is InChI=1S/C18H25N3O2S/c1-3-21-18(15-7-9-19-10-8-15)13-16(20-21)11-14-5-4-6-17(12-14)24(2,22)23/h4-6,12-13,15,19H,3,7-11H2,1-2H3. The van der Waals surface area contributed by atoms with Crippen LogP contribution < -0.4 is 5.32 Å². The molecule has 2 aromatic rings. The molecular weight excluding hydrogens is 322 g/mol. The molecule has 0 unspecified atom stereocenters. The molecule has 1 aliphatic rings. The maximum Gasteiger partial charge on any atom is 0.175 e. The van der Waals surface area contributed by atoms with Crippen LogP contribution in [0.3, 0.4) is 0 Å². The van der Waals surface area contributed by atoms with Crippen LogP contribution in [0.15, 0.2) is 35.2 Å². The quantitative estimate of drug-likeness (QED) is 0.902. The molecule has 0 atom stereocenters. The van der Waals surface area contributed by atoms with Gasteiger partial charge in [-0.1, -0.05) is 12.1 Å². The molecule has 1 aliphatic heterocycles. The number of benzene rings is 1. The molecule has 0 amide bonds. The molecule has 1 fully saturated rings. The van der Waals surface area contributed by atoms with Crippen LogP contribution in [0, 0.1) is 0 Å². The molecule has 1 aromatic heterocycles. The van der Waals surface area contributed by atoms with E-state index in [2.05, 4.69) is 23.0 Å². The molecule has 130 valence electrons. The third kappa shape index (κ3) is 3.87. The van der Waals surface area contributed by atoms with Crippen molar-refractivity contribution < 1.29 is 8.42 Å². The van der Waals surface area contributed by atoms with Crippen molar-refractivity contribution in [2.24, 2.45) is 0 Å². The number of piperidine rings is 1. The molecule has 3 rings (SSSR count). The van der Waals surface area contributed by atoms with Crippen molar-refractivity contribution >= 4 is 9.84 Å². The molecule has 1 aromatic carbocycles. The third-order valence-corrected chi connectivity index (χ3v) is 5.74. The first kappa shape index (κ1) is 17.2. The molecular formula is C18H25N3O2S. The highest BCUT2D eigenvalue weighted by atomic mass is 32.2. The van der Waals surface area contributed by atoms with E-state index in [1.807, 2.05) is 6.07 Å². The summed E-state index contributed by atoms with van der Waals surface area (Å²) in [5.74, 6) is 0.565. The van der Waals surface area contributed by atoms with Crippen molar-refractivity contribution in [1.29, 1.82) is 0 Å². The molecule has 0 spiro atoms. The maximum absolute atomic E-state index is 11.7. The summed E-state index contributed by atoms with van der Waals surface area (Å²) in [5.41, 5.74) is 3.31. The van der Waals surface area contributed by atoms with Gasteiger partial charge < -0.3 is 5.32 Å². The largest absolute Gasteiger partial charge is 0.317 e. The van der Waals surface area contributed by atoms with Gasteiger partial charge in [0.25, 0.3) is 0 Å². The fourth-order valence-electron chi connectivity index (χ4n) is 3.37. The average molecular weight is 347 g/mol. The van der Waals surface area contributed by atoms with E-state index in [1.165, 1.54) is 11.9 Å². The Morgan fingerprint density at radius 2 is 2.00 bits per heavy atom. The van der Waals surface area contributed by atoms with Gasteiger partial charge in [0.15, 0.2) is 9.84 Å². The number of hydrogen-bond acceptors (Lipinski definition) is 4. The number of hydrogen-bond donors (Lipinski definition) is 1. The molecule has 1 N–H and O–H groups in total. The second-order valence-corrected chi connectivity index (χ2v) is 8.51. The topological polar surface area (TPSA) is 64.0 Å². The summed E-state index contributed by atoms with van der Waals surface area (Å²) in [7, 11) is -3.17. The molecule has 2 heterocycles. The molecule has 6 heteroatoms. The van der Waals surface area contributed by atoms with Crippen molar-refractivity contribution in [3.63, 3.8) is 0 Å². The Kier molecular flexibility index (Phi) is 5.06. The van der Waals surface area contributed by atoms with Crippen LogP contribution >= 0.6 is 0 Å². The van der Waals surface area contributed by atoms with E-state index in [4.69, 9.17) is 5.10 Å². The Labute approximate surface area is 144 Å². The summed E-state index contributed by atoms with van der Waals surface area (Å²) in [4.78, 5) is 0.369. The Balaban J connectivity index is 1.84. The summed E-state index contributed by atoms with van der Waals surface area (Å²) in [5, 5.41) is 8.14. The number of aromatic nitrogens is 2. The predicted molar refractivity (Wildman–Crippen MR) is 95.1 cm³/mol. The molecule has 5 nitrogen and oxygen atoms in total. The number of nitrogens with zero attached hydrogens (tertiary/aromatic N) is 2. The van der Waals surface area contributed by atoms with Gasteiger partial charge in [0, 0.05) is 30.8 Å². The van der Waals surface area contributed by atoms with Crippen molar-refractivity contribution in [1.82, 2.24) is 15.1 Å². The number of nitrogens with one attached hydrogen (secondary N) is 1. The molecule has 24 heavy (non-hydrogen) atoms. The van der Waals surface area contributed by atoms with Gasteiger partial charge in [-0.3, -0.25) is 4.68 Å². The highest BCUT2D eigenvalue weighted by molar-refractivity contribution is 7.90. The van der Waals surface area contributed by atoms with E-state index in [-0.39, 0.29) is 0 Å². The van der Waals surface area contributed by atoms with E-state index in [9.17, 15) is 8.42 Å². The van der Waals surface area contributed by atoms with Gasteiger partial charge in [-0.25, -0.2) is 8.42 Å². The van der Waals surface area contributed by atoms with Crippen LogP contribution in [0.4, 0.5) is 0 Å². The van der Waals surface area contributed by atoms with Gasteiger partial charge in [-0.05, 0) is 56.6 Å². The lowest BCUT2D eigenvalue weighted by Gasteiger charge is -2.23.